The first-order valence-corrected chi connectivity index (χ1v) is 11.6. The maximum Gasteiger partial charge on any atom is 0.235 e. The maximum absolute atomic E-state index is 12.5. The average Bonchev–Trinajstić information content (AvgIpc) is 3.32. The zero-order chi connectivity index (χ0) is 22.0. The van der Waals surface area contributed by atoms with Gasteiger partial charge in [0, 0.05) is 17.1 Å². The third kappa shape index (κ3) is 5.18. The molecule has 0 fully saturated rings. The molecule has 31 heavy (non-hydrogen) atoms. The molecule has 1 aromatic heterocycles. The SMILES string of the molecule is Cc1oc(-c2cccc(Cl)c2)nc1CS(=O)(=O)CC(=O)NCc1ccc2c(c1)OCO2. The van der Waals surface area contributed by atoms with Crippen LogP contribution in [0.3, 0.4) is 0 Å². The second-order valence-electron chi connectivity index (χ2n) is 7.03. The summed E-state index contributed by atoms with van der Waals surface area (Å²) in [6.07, 6.45) is 0. The van der Waals surface area contributed by atoms with Crippen molar-refractivity contribution in [1.29, 1.82) is 0 Å². The number of carbonyl (C=O) groups is 1. The van der Waals surface area contributed by atoms with Crippen LogP contribution in [0.5, 0.6) is 11.5 Å². The summed E-state index contributed by atoms with van der Waals surface area (Å²) >= 11 is 5.98. The second kappa shape index (κ2) is 8.60. The van der Waals surface area contributed by atoms with E-state index < -0.39 is 27.3 Å². The molecule has 10 heteroatoms. The zero-order valence-electron chi connectivity index (χ0n) is 16.6. The van der Waals surface area contributed by atoms with Crippen LogP contribution in [-0.4, -0.2) is 31.9 Å². The monoisotopic (exact) mass is 462 g/mol. The smallest absolute Gasteiger partial charge is 0.235 e. The lowest BCUT2D eigenvalue weighted by atomic mass is 10.2. The van der Waals surface area contributed by atoms with Gasteiger partial charge in [0.15, 0.2) is 21.3 Å². The van der Waals surface area contributed by atoms with Crippen molar-refractivity contribution < 1.29 is 27.1 Å². The molecule has 0 unspecified atom stereocenters. The first-order valence-electron chi connectivity index (χ1n) is 9.37. The Hall–Kier alpha value is -3.04. The van der Waals surface area contributed by atoms with Crippen LogP contribution in [0.25, 0.3) is 11.5 Å². The molecule has 0 saturated heterocycles. The molecule has 4 rings (SSSR count). The van der Waals surface area contributed by atoms with Crippen molar-refractivity contribution >= 4 is 27.3 Å². The molecule has 0 spiro atoms. The van der Waals surface area contributed by atoms with E-state index in [1.165, 1.54) is 0 Å². The Morgan fingerprint density at radius 1 is 1.16 bits per heavy atom. The van der Waals surface area contributed by atoms with Gasteiger partial charge in [-0.3, -0.25) is 4.79 Å². The molecule has 0 atom stereocenters. The van der Waals surface area contributed by atoms with Crippen molar-refractivity contribution in [3.05, 3.63) is 64.5 Å². The lowest BCUT2D eigenvalue weighted by Gasteiger charge is -2.07. The van der Waals surface area contributed by atoms with Crippen LogP contribution in [0, 0.1) is 6.92 Å². The van der Waals surface area contributed by atoms with Crippen LogP contribution in [0.4, 0.5) is 0 Å². The first kappa shape index (κ1) is 21.2. The Balaban J connectivity index is 1.37. The number of nitrogens with one attached hydrogen (secondary N) is 1. The normalized spacial score (nSPS) is 12.7. The highest BCUT2D eigenvalue weighted by molar-refractivity contribution is 7.91. The molecule has 162 valence electrons. The number of hydrogen-bond donors (Lipinski definition) is 1. The first-order chi connectivity index (χ1) is 14.8. The van der Waals surface area contributed by atoms with Gasteiger partial charge in [-0.2, -0.15) is 0 Å². The molecular formula is C21H19ClN2O6S. The quantitative estimate of drug-likeness (QED) is 0.574. The summed E-state index contributed by atoms with van der Waals surface area (Å²) in [6, 6.07) is 12.2. The lowest BCUT2D eigenvalue weighted by Crippen LogP contribution is -2.30. The Bertz CT molecular complexity index is 1240. The summed E-state index contributed by atoms with van der Waals surface area (Å²) < 4.78 is 41.2. The Kier molecular flexibility index (Phi) is 5.88. The third-order valence-corrected chi connectivity index (χ3v) is 6.25. The number of sulfone groups is 1. The number of aromatic nitrogens is 1. The number of carbonyl (C=O) groups excluding carboxylic acids is 1. The predicted octanol–water partition coefficient (Wildman–Crippen LogP) is 3.26. The van der Waals surface area contributed by atoms with Crippen molar-refractivity contribution in [3.63, 3.8) is 0 Å². The maximum atomic E-state index is 12.5. The summed E-state index contributed by atoms with van der Waals surface area (Å²) in [7, 11) is -3.75. The van der Waals surface area contributed by atoms with E-state index in [-0.39, 0.29) is 24.9 Å². The van der Waals surface area contributed by atoms with Gasteiger partial charge in [-0.25, -0.2) is 13.4 Å². The molecule has 3 aromatic rings. The fraction of sp³-hybridized carbons (Fsp3) is 0.238. The minimum atomic E-state index is -3.75. The molecule has 0 radical (unpaired) electrons. The molecule has 8 nitrogen and oxygen atoms in total. The van der Waals surface area contributed by atoms with E-state index in [1.807, 2.05) is 0 Å². The molecular weight excluding hydrogens is 444 g/mol. The molecule has 2 aromatic carbocycles. The molecule has 1 aliphatic rings. The van der Waals surface area contributed by atoms with Crippen molar-refractivity contribution in [2.24, 2.45) is 0 Å². The number of aryl methyl sites for hydroxylation is 1. The average molecular weight is 463 g/mol. The second-order valence-corrected chi connectivity index (χ2v) is 9.53. The van der Waals surface area contributed by atoms with Crippen LogP contribution < -0.4 is 14.8 Å². The number of benzene rings is 2. The van der Waals surface area contributed by atoms with Gasteiger partial charge in [0.05, 0.1) is 11.4 Å². The summed E-state index contributed by atoms with van der Waals surface area (Å²) in [5.41, 5.74) is 1.67. The molecule has 0 aliphatic carbocycles. The molecule has 0 saturated carbocycles. The van der Waals surface area contributed by atoms with E-state index in [1.54, 1.807) is 49.4 Å². The summed E-state index contributed by atoms with van der Waals surface area (Å²) in [5.74, 6) is 0.219. The number of hydrogen-bond acceptors (Lipinski definition) is 7. The Morgan fingerprint density at radius 3 is 2.77 bits per heavy atom. The van der Waals surface area contributed by atoms with Crippen LogP contribution in [0.2, 0.25) is 5.02 Å². The van der Waals surface area contributed by atoms with Crippen LogP contribution >= 0.6 is 11.6 Å². The van der Waals surface area contributed by atoms with Crippen LogP contribution in [0.1, 0.15) is 17.0 Å². The molecule has 1 aliphatic heterocycles. The van der Waals surface area contributed by atoms with E-state index in [2.05, 4.69) is 10.3 Å². The van der Waals surface area contributed by atoms with Gasteiger partial charge in [-0.15, -0.1) is 0 Å². The lowest BCUT2D eigenvalue weighted by molar-refractivity contribution is -0.118. The fourth-order valence-corrected chi connectivity index (χ4v) is 4.55. The zero-order valence-corrected chi connectivity index (χ0v) is 18.1. The number of oxazole rings is 1. The van der Waals surface area contributed by atoms with Gasteiger partial charge in [-0.05, 0) is 42.8 Å². The number of ether oxygens (including phenoxy) is 2. The Labute approximate surface area is 184 Å². The number of fused-ring (bicyclic) bond motifs is 1. The highest BCUT2D eigenvalue weighted by Gasteiger charge is 2.22. The topological polar surface area (TPSA) is 108 Å². The van der Waals surface area contributed by atoms with E-state index in [9.17, 15) is 13.2 Å². The number of rotatable bonds is 7. The van der Waals surface area contributed by atoms with E-state index >= 15 is 0 Å². The van der Waals surface area contributed by atoms with Gasteiger partial charge in [0.2, 0.25) is 18.6 Å². The third-order valence-electron chi connectivity index (χ3n) is 4.60. The van der Waals surface area contributed by atoms with Crippen molar-refractivity contribution in [3.8, 4) is 23.0 Å². The van der Waals surface area contributed by atoms with Crippen molar-refractivity contribution in [2.75, 3.05) is 12.5 Å². The molecule has 1 amide bonds. The van der Waals surface area contributed by atoms with Gasteiger partial charge < -0.3 is 19.2 Å². The summed E-state index contributed by atoms with van der Waals surface area (Å²) in [5, 5.41) is 3.13. The van der Waals surface area contributed by atoms with Gasteiger partial charge in [0.25, 0.3) is 0 Å². The molecule has 2 heterocycles. The minimum Gasteiger partial charge on any atom is -0.454 e. The highest BCUT2D eigenvalue weighted by Crippen LogP contribution is 2.32. The van der Waals surface area contributed by atoms with Gasteiger partial charge >= 0.3 is 0 Å². The van der Waals surface area contributed by atoms with Crippen LogP contribution in [0.15, 0.2) is 46.9 Å². The fourth-order valence-electron chi connectivity index (χ4n) is 3.07. The Morgan fingerprint density at radius 2 is 1.97 bits per heavy atom. The van der Waals surface area contributed by atoms with E-state index in [0.29, 0.717) is 27.8 Å². The number of halogens is 1. The largest absolute Gasteiger partial charge is 0.454 e. The van der Waals surface area contributed by atoms with E-state index in [4.69, 9.17) is 25.5 Å². The summed E-state index contributed by atoms with van der Waals surface area (Å²) in [6.45, 7) is 1.96. The van der Waals surface area contributed by atoms with Crippen molar-refractivity contribution in [1.82, 2.24) is 10.3 Å². The standard InChI is InChI=1S/C21H19ClN2O6S/c1-13-17(24-21(30-13)15-3-2-4-16(22)8-15)10-31(26,27)11-20(25)23-9-14-5-6-18-19(7-14)29-12-28-18/h2-8H,9-12H2,1H3,(H,23,25). The van der Waals surface area contributed by atoms with Gasteiger partial charge in [-0.1, -0.05) is 23.7 Å². The highest BCUT2D eigenvalue weighted by atomic mass is 35.5. The van der Waals surface area contributed by atoms with E-state index in [0.717, 1.165) is 5.56 Å². The number of nitrogens with zero attached hydrogens (tertiary/aromatic N) is 1. The molecule has 1 N–H and O–H groups in total. The molecule has 0 bridgehead atoms. The van der Waals surface area contributed by atoms with Gasteiger partial charge in [0.1, 0.15) is 11.5 Å². The summed E-state index contributed by atoms with van der Waals surface area (Å²) in [4.78, 5) is 16.5. The minimum absolute atomic E-state index is 0.157. The number of amides is 1. The van der Waals surface area contributed by atoms with Crippen LogP contribution in [-0.2, 0) is 26.9 Å². The predicted molar refractivity (Wildman–Crippen MR) is 114 cm³/mol. The van der Waals surface area contributed by atoms with Crippen molar-refractivity contribution in [2.45, 2.75) is 19.2 Å².